The smallest absolute Gasteiger partial charge is 0.153 e. The summed E-state index contributed by atoms with van der Waals surface area (Å²) in [7, 11) is 3.30. The van der Waals surface area contributed by atoms with Crippen LogP contribution in [0.1, 0.15) is 20.3 Å². The Morgan fingerprint density at radius 3 is 2.28 bits per heavy atom. The largest absolute Gasteiger partial charge is 0.382 e. The van der Waals surface area contributed by atoms with E-state index < -0.39 is 0 Å². The molecule has 0 aliphatic heterocycles. The van der Waals surface area contributed by atoms with Gasteiger partial charge in [0.1, 0.15) is 0 Å². The normalized spacial score (nSPS) is 12.3. The molecule has 0 fully saturated rings. The van der Waals surface area contributed by atoms with Crippen molar-refractivity contribution in [1.29, 1.82) is 0 Å². The molecule has 0 rings (SSSR count). The van der Waals surface area contributed by atoms with Crippen LogP contribution in [0.25, 0.3) is 0 Å². The molecule has 0 aromatic carbocycles. The predicted molar refractivity (Wildman–Crippen MR) is 79.2 cm³/mol. The van der Waals surface area contributed by atoms with Crippen LogP contribution >= 0.6 is 0 Å². The van der Waals surface area contributed by atoms with Crippen LogP contribution in [0, 0.1) is 0 Å². The first-order valence-electron chi connectivity index (χ1n) is 7.14. The lowest BCUT2D eigenvalue weighted by Crippen LogP contribution is -2.24. The van der Waals surface area contributed by atoms with E-state index in [0.717, 1.165) is 45.3 Å². The van der Waals surface area contributed by atoms with Gasteiger partial charge in [0, 0.05) is 43.5 Å². The summed E-state index contributed by atoms with van der Waals surface area (Å²) in [5.74, 6) is 0. The maximum atomic E-state index is 5.65. The minimum absolute atomic E-state index is 0.000617. The van der Waals surface area contributed by atoms with Gasteiger partial charge in [-0.05, 0) is 31.6 Å². The zero-order chi connectivity index (χ0) is 13.6. The van der Waals surface area contributed by atoms with Gasteiger partial charge in [0.15, 0.2) is 6.29 Å². The van der Waals surface area contributed by atoms with Crippen LogP contribution in [0.15, 0.2) is 0 Å². The van der Waals surface area contributed by atoms with Gasteiger partial charge in [-0.1, -0.05) is 13.8 Å². The van der Waals surface area contributed by atoms with Crippen molar-refractivity contribution in [1.82, 2.24) is 4.90 Å². The fourth-order valence-corrected chi connectivity index (χ4v) is 3.38. The third kappa shape index (κ3) is 10.0. The molecule has 0 spiro atoms. The van der Waals surface area contributed by atoms with Crippen molar-refractivity contribution in [2.75, 3.05) is 47.1 Å². The summed E-state index contributed by atoms with van der Waals surface area (Å²) >= 11 is 0. The lowest BCUT2D eigenvalue weighted by molar-refractivity contribution is -0.0876. The molecule has 0 radical (unpaired) electrons. The zero-order valence-corrected chi connectivity index (χ0v) is 14.0. The molecule has 0 amide bonds. The number of hydrogen-bond donors (Lipinski definition) is 0. The first-order chi connectivity index (χ1) is 8.78. The molecule has 4 nitrogen and oxygen atoms in total. The Bertz CT molecular complexity index is 146. The van der Waals surface area contributed by atoms with Gasteiger partial charge in [-0.15, -0.1) is 0 Å². The highest BCUT2D eigenvalue weighted by atomic mass is 28.2. The molecule has 0 aromatic heterocycles. The van der Waals surface area contributed by atoms with E-state index in [4.69, 9.17) is 14.2 Å². The van der Waals surface area contributed by atoms with Gasteiger partial charge in [0.25, 0.3) is 0 Å². The fourth-order valence-electron chi connectivity index (χ4n) is 1.88. The van der Waals surface area contributed by atoms with Crippen LogP contribution in [0.2, 0.25) is 12.1 Å². The van der Waals surface area contributed by atoms with Crippen molar-refractivity contribution < 1.29 is 14.2 Å². The summed E-state index contributed by atoms with van der Waals surface area (Å²) < 4.78 is 16.0. The Morgan fingerprint density at radius 1 is 1.06 bits per heavy atom. The quantitative estimate of drug-likeness (QED) is 0.289. The van der Waals surface area contributed by atoms with Crippen molar-refractivity contribution in [3.63, 3.8) is 0 Å². The lowest BCUT2D eigenvalue weighted by Gasteiger charge is -2.17. The number of hydrogen-bond acceptors (Lipinski definition) is 4. The molecule has 0 saturated heterocycles. The van der Waals surface area contributed by atoms with Gasteiger partial charge in [0.05, 0.1) is 0 Å². The van der Waals surface area contributed by atoms with E-state index in [-0.39, 0.29) is 15.8 Å². The molecule has 5 heteroatoms. The molecule has 0 atom stereocenters. The Kier molecular flexibility index (Phi) is 13.5. The summed E-state index contributed by atoms with van der Waals surface area (Å²) in [6.45, 7) is 9.64. The van der Waals surface area contributed by atoms with Gasteiger partial charge >= 0.3 is 0 Å². The number of methoxy groups -OCH3 is 2. The first kappa shape index (κ1) is 18.1. The standard InChI is InChI=1S/C13H31NO3Si/c1-5-14(6-2)8-7-9-17-10-11-18-12-13(15-3)16-4/h13H,5-12,18H2,1-4H3. The second-order valence-electron chi connectivity index (χ2n) is 4.39. The van der Waals surface area contributed by atoms with Gasteiger partial charge < -0.3 is 19.1 Å². The van der Waals surface area contributed by atoms with E-state index in [9.17, 15) is 0 Å². The van der Waals surface area contributed by atoms with Crippen molar-refractivity contribution >= 4 is 9.52 Å². The van der Waals surface area contributed by atoms with E-state index in [1.807, 2.05) is 0 Å². The maximum absolute atomic E-state index is 5.65. The van der Waals surface area contributed by atoms with Crippen LogP contribution in [0.3, 0.4) is 0 Å². The third-order valence-electron chi connectivity index (χ3n) is 3.16. The highest BCUT2D eigenvalue weighted by molar-refractivity contribution is 6.35. The Morgan fingerprint density at radius 2 is 1.72 bits per heavy atom. The Balaban J connectivity index is 3.21. The number of nitrogens with zero attached hydrogens (tertiary/aromatic N) is 1. The van der Waals surface area contributed by atoms with Crippen LogP contribution in [0.4, 0.5) is 0 Å². The molecule has 0 aliphatic rings. The van der Waals surface area contributed by atoms with Crippen LogP contribution in [-0.2, 0) is 14.2 Å². The second-order valence-corrected chi connectivity index (χ2v) is 6.38. The predicted octanol–water partition coefficient (Wildman–Crippen LogP) is 1.36. The maximum Gasteiger partial charge on any atom is 0.153 e. The Hall–Kier alpha value is 0.0569. The molecular formula is C13H31NO3Si. The van der Waals surface area contributed by atoms with Crippen molar-refractivity contribution in [3.05, 3.63) is 0 Å². The monoisotopic (exact) mass is 277 g/mol. The number of rotatable bonds is 13. The van der Waals surface area contributed by atoms with E-state index in [1.165, 1.54) is 6.04 Å². The summed E-state index contributed by atoms with van der Waals surface area (Å²) in [4.78, 5) is 2.43. The minimum atomic E-state index is -0.102. The van der Waals surface area contributed by atoms with E-state index in [2.05, 4.69) is 18.7 Å². The highest BCUT2D eigenvalue weighted by Crippen LogP contribution is 2.00. The van der Waals surface area contributed by atoms with Gasteiger partial charge in [0.2, 0.25) is 0 Å². The molecule has 0 heterocycles. The summed E-state index contributed by atoms with van der Waals surface area (Å²) in [5, 5.41) is 0. The molecule has 0 saturated carbocycles. The molecule has 0 bridgehead atoms. The average molecular weight is 277 g/mol. The number of ether oxygens (including phenoxy) is 3. The zero-order valence-electron chi connectivity index (χ0n) is 12.6. The molecular weight excluding hydrogens is 246 g/mol. The van der Waals surface area contributed by atoms with Gasteiger partial charge in [-0.3, -0.25) is 0 Å². The van der Waals surface area contributed by atoms with Crippen molar-refractivity contribution in [2.24, 2.45) is 0 Å². The van der Waals surface area contributed by atoms with E-state index in [0.29, 0.717) is 0 Å². The molecule has 0 aliphatic carbocycles. The summed E-state index contributed by atoms with van der Waals surface area (Å²) in [6, 6.07) is 2.30. The van der Waals surface area contributed by atoms with Crippen molar-refractivity contribution in [3.8, 4) is 0 Å². The lowest BCUT2D eigenvalue weighted by atomic mass is 10.4. The molecule has 0 unspecified atom stereocenters. The molecule has 18 heavy (non-hydrogen) atoms. The Labute approximate surface area is 115 Å². The van der Waals surface area contributed by atoms with Crippen LogP contribution in [-0.4, -0.2) is 67.8 Å². The second kappa shape index (κ2) is 13.5. The molecule has 110 valence electrons. The third-order valence-corrected chi connectivity index (χ3v) is 4.83. The van der Waals surface area contributed by atoms with Crippen LogP contribution < -0.4 is 0 Å². The molecule has 0 aromatic rings. The topological polar surface area (TPSA) is 30.9 Å². The average Bonchev–Trinajstić information content (AvgIpc) is 2.41. The van der Waals surface area contributed by atoms with E-state index >= 15 is 0 Å². The fraction of sp³-hybridized carbons (Fsp3) is 1.00. The summed E-state index contributed by atoms with van der Waals surface area (Å²) in [5.41, 5.74) is 0. The first-order valence-corrected chi connectivity index (χ1v) is 9.14. The van der Waals surface area contributed by atoms with Crippen LogP contribution in [0.5, 0.6) is 0 Å². The van der Waals surface area contributed by atoms with Crippen molar-refractivity contribution in [2.45, 2.75) is 38.6 Å². The summed E-state index contributed by atoms with van der Waals surface area (Å²) in [6.07, 6.45) is 1.14. The molecule has 0 N–H and O–H groups in total. The van der Waals surface area contributed by atoms with Gasteiger partial charge in [-0.2, -0.15) is 0 Å². The SMILES string of the molecule is CCN(CC)CCCOCC[SiH2]CC(OC)OC. The van der Waals surface area contributed by atoms with Gasteiger partial charge in [-0.25, -0.2) is 0 Å². The minimum Gasteiger partial charge on any atom is -0.382 e. The van der Waals surface area contributed by atoms with E-state index in [1.54, 1.807) is 14.2 Å². The highest BCUT2D eigenvalue weighted by Gasteiger charge is 2.04.